The lowest BCUT2D eigenvalue weighted by Crippen LogP contribution is -2.26. The molecule has 1 amide bonds. The molecule has 1 aliphatic carbocycles. The molecule has 2 atom stereocenters. The molecule has 1 N–H and O–H groups in total. The lowest BCUT2D eigenvalue weighted by Gasteiger charge is -2.21. The zero-order chi connectivity index (χ0) is 21.8. The first kappa shape index (κ1) is 19.6. The summed E-state index contributed by atoms with van der Waals surface area (Å²) in [6, 6.07) is 8.69. The van der Waals surface area contributed by atoms with Gasteiger partial charge in [-0.25, -0.2) is 4.98 Å². The van der Waals surface area contributed by atoms with Crippen LogP contribution in [0.4, 0.5) is 0 Å². The number of rotatable bonds is 6. The van der Waals surface area contributed by atoms with Crippen LogP contribution in [0.1, 0.15) is 46.1 Å². The van der Waals surface area contributed by atoms with Crippen LogP contribution < -0.4 is 10.1 Å². The Morgan fingerprint density at radius 3 is 2.84 bits per heavy atom. The van der Waals surface area contributed by atoms with E-state index in [1.54, 1.807) is 4.68 Å². The number of ether oxygens (including phenoxy) is 1. The van der Waals surface area contributed by atoms with E-state index in [0.29, 0.717) is 19.0 Å². The van der Waals surface area contributed by atoms with Crippen LogP contribution in [0.25, 0.3) is 22.3 Å². The molecule has 5 rings (SSSR count). The van der Waals surface area contributed by atoms with Crippen molar-refractivity contribution in [1.29, 1.82) is 5.26 Å². The van der Waals surface area contributed by atoms with Gasteiger partial charge in [0.15, 0.2) is 0 Å². The first-order chi connectivity index (χ1) is 14.9. The number of imidazole rings is 1. The Bertz CT molecular complexity index is 1200. The van der Waals surface area contributed by atoms with Crippen LogP contribution in [-0.2, 0) is 10.3 Å². The molecule has 31 heavy (non-hydrogen) atoms. The summed E-state index contributed by atoms with van der Waals surface area (Å²) in [4.78, 5) is 16.3. The zero-order valence-corrected chi connectivity index (χ0v) is 18.0. The van der Waals surface area contributed by atoms with Crippen LogP contribution >= 0.6 is 0 Å². The average molecular weight is 419 g/mol. The van der Waals surface area contributed by atoms with Crippen molar-refractivity contribution in [1.82, 2.24) is 24.6 Å². The predicted octanol–water partition coefficient (Wildman–Crippen LogP) is 3.40. The molecule has 8 heteroatoms. The quantitative estimate of drug-likeness (QED) is 0.662. The summed E-state index contributed by atoms with van der Waals surface area (Å²) in [5.74, 6) is 0.977. The second-order valence-corrected chi connectivity index (χ2v) is 9.13. The number of benzene rings is 1. The smallest absolute Gasteiger partial charge is 0.220 e. The molecule has 3 heterocycles. The Kier molecular flexibility index (Phi) is 4.50. The average Bonchev–Trinajstić information content (AvgIpc) is 3.15. The maximum atomic E-state index is 11.7. The summed E-state index contributed by atoms with van der Waals surface area (Å²) in [6.45, 7) is 6.32. The van der Waals surface area contributed by atoms with Crippen LogP contribution in [0.3, 0.4) is 0 Å². The summed E-state index contributed by atoms with van der Waals surface area (Å²) >= 11 is 0. The molecule has 1 saturated heterocycles. The second kappa shape index (κ2) is 7.12. The van der Waals surface area contributed by atoms with E-state index in [0.717, 1.165) is 40.9 Å². The highest BCUT2D eigenvalue weighted by Gasteiger charge is 2.31. The number of fused-ring (bicyclic) bond motifs is 1. The van der Waals surface area contributed by atoms with Gasteiger partial charge < -0.3 is 14.6 Å². The lowest BCUT2D eigenvalue weighted by atomic mass is 10.0. The molecule has 8 nitrogen and oxygen atoms in total. The largest absolute Gasteiger partial charge is 0.488 e. The molecular formula is C23H26N6O2. The van der Waals surface area contributed by atoms with Gasteiger partial charge >= 0.3 is 0 Å². The third kappa shape index (κ3) is 3.54. The van der Waals surface area contributed by atoms with Crippen LogP contribution in [0.15, 0.2) is 30.7 Å². The van der Waals surface area contributed by atoms with Crippen molar-refractivity contribution in [2.24, 2.45) is 5.92 Å². The van der Waals surface area contributed by atoms with Crippen molar-refractivity contribution in [2.75, 3.05) is 6.54 Å². The molecule has 2 fully saturated rings. The second-order valence-electron chi connectivity index (χ2n) is 9.13. The number of nitrogens with one attached hydrogen (secondary N) is 1. The third-order valence-corrected chi connectivity index (χ3v) is 6.29. The van der Waals surface area contributed by atoms with Gasteiger partial charge in [0.1, 0.15) is 22.9 Å². The molecule has 1 aliphatic heterocycles. The summed E-state index contributed by atoms with van der Waals surface area (Å²) in [6.07, 6.45) is 6.38. The monoisotopic (exact) mass is 418 g/mol. The van der Waals surface area contributed by atoms with E-state index in [-0.39, 0.29) is 17.9 Å². The van der Waals surface area contributed by atoms with Gasteiger partial charge in [-0.05, 0) is 51.8 Å². The fourth-order valence-corrected chi connectivity index (χ4v) is 4.10. The molecule has 2 aliphatic rings. The van der Waals surface area contributed by atoms with Gasteiger partial charge in [-0.1, -0.05) is 0 Å². The number of hydrogen-bond acceptors (Lipinski definition) is 5. The first-order valence-corrected chi connectivity index (χ1v) is 10.8. The van der Waals surface area contributed by atoms with Crippen LogP contribution in [0.2, 0.25) is 0 Å². The van der Waals surface area contributed by atoms with Gasteiger partial charge in [0.25, 0.3) is 0 Å². The topological polar surface area (TPSA) is 97.8 Å². The van der Waals surface area contributed by atoms with Gasteiger partial charge in [-0.3, -0.25) is 9.48 Å². The minimum atomic E-state index is -0.730. The summed E-state index contributed by atoms with van der Waals surface area (Å²) in [5.41, 5.74) is 2.78. The summed E-state index contributed by atoms with van der Waals surface area (Å²) in [7, 11) is 0. The van der Waals surface area contributed by atoms with Crippen molar-refractivity contribution in [2.45, 2.75) is 57.7 Å². The third-order valence-electron chi connectivity index (χ3n) is 6.29. The van der Waals surface area contributed by atoms with Gasteiger partial charge in [-0.2, -0.15) is 10.4 Å². The van der Waals surface area contributed by atoms with Gasteiger partial charge in [0, 0.05) is 36.7 Å². The van der Waals surface area contributed by atoms with E-state index < -0.39 is 5.54 Å². The molecule has 1 saturated carbocycles. The van der Waals surface area contributed by atoms with E-state index in [2.05, 4.69) is 26.0 Å². The summed E-state index contributed by atoms with van der Waals surface area (Å²) < 4.78 is 10.3. The minimum Gasteiger partial charge on any atom is -0.488 e. The highest BCUT2D eigenvalue weighted by atomic mass is 16.5. The van der Waals surface area contributed by atoms with Crippen LogP contribution in [0.5, 0.6) is 5.75 Å². The number of nitriles is 1. The van der Waals surface area contributed by atoms with E-state index in [4.69, 9.17) is 4.74 Å². The Morgan fingerprint density at radius 2 is 2.16 bits per heavy atom. The van der Waals surface area contributed by atoms with E-state index >= 15 is 0 Å². The summed E-state index contributed by atoms with van der Waals surface area (Å²) in [5, 5.41) is 17.0. The fraction of sp³-hybridized carbons (Fsp3) is 0.478. The maximum absolute atomic E-state index is 11.7. The maximum Gasteiger partial charge on any atom is 0.220 e. The zero-order valence-electron chi connectivity index (χ0n) is 18.0. The Morgan fingerprint density at radius 1 is 1.35 bits per heavy atom. The number of nitrogens with zero attached hydrogens (tertiary/aromatic N) is 5. The van der Waals surface area contributed by atoms with Gasteiger partial charge in [0.2, 0.25) is 5.91 Å². The standard InChI is InChI=1S/C23H26N6O2/c1-14(16-10-21(30)25-11-16)31-20-9-15(18-6-7-29(27-18)23(2,3)12-24)8-19-22(20)28(13-26-19)17-4-5-17/h6-9,13-14,16-17H,4-5,10-11H2,1-3H3,(H,25,30)/t14-,16-/m1/s1. The van der Waals surface area contributed by atoms with E-state index in [9.17, 15) is 10.1 Å². The lowest BCUT2D eigenvalue weighted by molar-refractivity contribution is -0.119. The number of aromatic nitrogens is 4. The Hall–Kier alpha value is -3.34. The van der Waals surface area contributed by atoms with Crippen LogP contribution in [0, 0.1) is 17.2 Å². The number of amides is 1. The number of carbonyl (C=O) groups is 1. The molecule has 1 aromatic carbocycles. The first-order valence-electron chi connectivity index (χ1n) is 10.8. The predicted molar refractivity (Wildman–Crippen MR) is 115 cm³/mol. The number of carbonyl (C=O) groups excluding carboxylic acids is 1. The van der Waals surface area contributed by atoms with E-state index in [1.165, 1.54) is 0 Å². The molecule has 2 aromatic heterocycles. The molecule has 160 valence electrons. The fourth-order valence-electron chi connectivity index (χ4n) is 4.10. The highest BCUT2D eigenvalue weighted by molar-refractivity contribution is 5.87. The van der Waals surface area contributed by atoms with Crippen molar-refractivity contribution < 1.29 is 9.53 Å². The SMILES string of the molecule is C[C@@H](Oc1cc(-c2ccn(C(C)(C)C#N)n2)cc2ncn(C3CC3)c12)[C@H]1CNC(=O)C1. The Balaban J connectivity index is 1.55. The molecule has 0 spiro atoms. The molecule has 0 bridgehead atoms. The van der Waals surface area contributed by atoms with Crippen molar-refractivity contribution in [3.8, 4) is 23.1 Å². The minimum absolute atomic E-state index is 0.0769. The number of hydrogen-bond donors (Lipinski definition) is 1. The Labute approximate surface area is 180 Å². The normalized spacial score (nSPS) is 19.9. The molecular weight excluding hydrogens is 392 g/mol. The molecule has 0 radical (unpaired) electrons. The van der Waals surface area contributed by atoms with Crippen molar-refractivity contribution in [3.63, 3.8) is 0 Å². The highest BCUT2D eigenvalue weighted by Crippen LogP contribution is 2.41. The van der Waals surface area contributed by atoms with Crippen LogP contribution in [-0.4, -0.2) is 37.9 Å². The van der Waals surface area contributed by atoms with Gasteiger partial charge in [-0.15, -0.1) is 0 Å². The van der Waals surface area contributed by atoms with Crippen molar-refractivity contribution in [3.05, 3.63) is 30.7 Å². The molecule has 3 aromatic rings. The van der Waals surface area contributed by atoms with E-state index in [1.807, 2.05) is 51.5 Å². The van der Waals surface area contributed by atoms with Crippen molar-refractivity contribution >= 4 is 16.9 Å². The molecule has 0 unspecified atom stereocenters. The van der Waals surface area contributed by atoms with Gasteiger partial charge in [0.05, 0.1) is 23.6 Å².